The van der Waals surface area contributed by atoms with Crippen molar-refractivity contribution in [1.29, 1.82) is 0 Å². The van der Waals surface area contributed by atoms with E-state index in [1.807, 2.05) is 42.5 Å². The zero-order chi connectivity index (χ0) is 22.1. The van der Waals surface area contributed by atoms with Crippen molar-refractivity contribution in [1.82, 2.24) is 5.16 Å². The lowest BCUT2D eigenvalue weighted by Gasteiger charge is -2.08. The van der Waals surface area contributed by atoms with E-state index >= 15 is 0 Å². The van der Waals surface area contributed by atoms with E-state index in [4.69, 9.17) is 9.26 Å². The van der Waals surface area contributed by atoms with Crippen molar-refractivity contribution in [3.05, 3.63) is 66.4 Å². The Morgan fingerprint density at radius 1 is 0.935 bits per heavy atom. The second-order valence-corrected chi connectivity index (χ2v) is 7.50. The zero-order valence-corrected chi connectivity index (χ0v) is 17.6. The quantitative estimate of drug-likeness (QED) is 0.491. The third-order valence-electron chi connectivity index (χ3n) is 3.99. The maximum absolute atomic E-state index is 12.0. The fourth-order valence-corrected chi connectivity index (χ4v) is 3.20. The third-order valence-corrected chi connectivity index (χ3v) is 4.89. The molecular weight excluding hydrogens is 418 g/mol. The van der Waals surface area contributed by atoms with Crippen molar-refractivity contribution in [2.45, 2.75) is 6.92 Å². The fraction of sp³-hybridized carbons (Fsp3) is 0.182. The Morgan fingerprint density at radius 2 is 1.65 bits per heavy atom. The Morgan fingerprint density at radius 3 is 2.32 bits per heavy atom. The van der Waals surface area contributed by atoms with Gasteiger partial charge in [0.25, 0.3) is 5.91 Å². The van der Waals surface area contributed by atoms with Crippen molar-refractivity contribution in [3.8, 4) is 11.1 Å². The van der Waals surface area contributed by atoms with Crippen LogP contribution in [0.15, 0.2) is 65.2 Å². The average molecular weight is 439 g/mol. The van der Waals surface area contributed by atoms with E-state index in [9.17, 15) is 14.4 Å². The molecule has 0 aliphatic carbocycles. The van der Waals surface area contributed by atoms with Gasteiger partial charge in [-0.25, -0.2) is 0 Å². The summed E-state index contributed by atoms with van der Waals surface area (Å²) in [5, 5.41) is 8.87. The Balaban J connectivity index is 1.33. The van der Waals surface area contributed by atoms with Gasteiger partial charge >= 0.3 is 5.97 Å². The summed E-state index contributed by atoms with van der Waals surface area (Å²) in [6.07, 6.45) is 0. The average Bonchev–Trinajstić information content (AvgIpc) is 3.18. The molecule has 0 radical (unpaired) electrons. The maximum atomic E-state index is 12.0. The van der Waals surface area contributed by atoms with Crippen LogP contribution in [0.1, 0.15) is 5.76 Å². The van der Waals surface area contributed by atoms with Gasteiger partial charge in [0.05, 0.1) is 11.5 Å². The summed E-state index contributed by atoms with van der Waals surface area (Å²) in [5.41, 5.74) is 2.72. The number of nitrogens with zero attached hydrogens (tertiary/aromatic N) is 1. The van der Waals surface area contributed by atoms with Crippen LogP contribution in [-0.4, -0.2) is 41.1 Å². The van der Waals surface area contributed by atoms with Crippen LogP contribution >= 0.6 is 11.8 Å². The van der Waals surface area contributed by atoms with Crippen LogP contribution < -0.4 is 10.6 Å². The molecule has 0 spiro atoms. The molecule has 8 nitrogen and oxygen atoms in total. The molecule has 31 heavy (non-hydrogen) atoms. The molecule has 2 N–H and O–H groups in total. The molecule has 0 aliphatic rings. The molecule has 1 aromatic heterocycles. The number of ether oxygens (including phenoxy) is 1. The first-order chi connectivity index (χ1) is 15.0. The number of amides is 2. The highest BCUT2D eigenvalue weighted by molar-refractivity contribution is 8.00. The van der Waals surface area contributed by atoms with Gasteiger partial charge in [-0.3, -0.25) is 14.4 Å². The van der Waals surface area contributed by atoms with Gasteiger partial charge in [-0.15, -0.1) is 11.8 Å². The Labute approximate surface area is 183 Å². The number of thioether (sulfide) groups is 1. The lowest BCUT2D eigenvalue weighted by molar-refractivity contribution is -0.144. The van der Waals surface area contributed by atoms with E-state index in [-0.39, 0.29) is 17.4 Å². The number of aromatic nitrogens is 1. The van der Waals surface area contributed by atoms with Crippen molar-refractivity contribution < 1.29 is 23.6 Å². The van der Waals surface area contributed by atoms with Crippen LogP contribution in [0.25, 0.3) is 11.1 Å². The van der Waals surface area contributed by atoms with Crippen molar-refractivity contribution in [2.24, 2.45) is 0 Å². The first-order valence-corrected chi connectivity index (χ1v) is 10.6. The molecule has 0 bridgehead atoms. The molecule has 1 heterocycles. The summed E-state index contributed by atoms with van der Waals surface area (Å²) >= 11 is 1.07. The van der Waals surface area contributed by atoms with Crippen LogP contribution in [0.5, 0.6) is 0 Å². The monoisotopic (exact) mass is 439 g/mol. The number of esters is 1. The second kappa shape index (κ2) is 11.0. The highest BCUT2D eigenvalue weighted by Crippen LogP contribution is 2.21. The Kier molecular flexibility index (Phi) is 7.83. The van der Waals surface area contributed by atoms with Crippen LogP contribution in [0.4, 0.5) is 11.5 Å². The summed E-state index contributed by atoms with van der Waals surface area (Å²) < 4.78 is 9.79. The van der Waals surface area contributed by atoms with Gasteiger partial charge in [0.2, 0.25) is 5.91 Å². The summed E-state index contributed by atoms with van der Waals surface area (Å²) in [4.78, 5) is 35.5. The van der Waals surface area contributed by atoms with Gasteiger partial charge in [0.1, 0.15) is 5.76 Å². The molecule has 3 aromatic rings. The molecule has 9 heteroatoms. The zero-order valence-electron chi connectivity index (χ0n) is 16.8. The molecule has 0 aliphatic heterocycles. The molecule has 0 atom stereocenters. The number of rotatable bonds is 9. The largest absolute Gasteiger partial charge is 0.455 e. The first-order valence-electron chi connectivity index (χ1n) is 9.41. The number of anilines is 2. The number of carbonyl (C=O) groups is 3. The molecule has 0 saturated carbocycles. The van der Waals surface area contributed by atoms with Crippen molar-refractivity contribution in [3.63, 3.8) is 0 Å². The number of hydrogen-bond donors (Lipinski definition) is 2. The SMILES string of the molecule is Cc1cc(NC(=O)CSCC(=O)OCC(=O)Nc2ccc(-c3ccccc3)cc2)no1. The lowest BCUT2D eigenvalue weighted by atomic mass is 10.1. The standard InChI is InChI=1S/C22H21N3O5S/c1-15-11-19(25-30-15)24-21(27)13-31-14-22(28)29-12-20(26)23-18-9-7-17(8-10-18)16-5-3-2-4-6-16/h2-11H,12-14H2,1H3,(H,23,26)(H,24,25,27). The molecule has 160 valence electrons. The van der Waals surface area contributed by atoms with Gasteiger partial charge in [0.15, 0.2) is 12.4 Å². The number of hydrogen-bond acceptors (Lipinski definition) is 7. The van der Waals surface area contributed by atoms with Gasteiger partial charge in [-0.05, 0) is 30.2 Å². The minimum atomic E-state index is -0.579. The minimum absolute atomic E-state index is 0.0426. The molecular formula is C22H21N3O5S. The second-order valence-electron chi connectivity index (χ2n) is 6.52. The topological polar surface area (TPSA) is 111 Å². The van der Waals surface area contributed by atoms with Crippen molar-refractivity contribution in [2.75, 3.05) is 28.7 Å². The highest BCUT2D eigenvalue weighted by atomic mass is 32.2. The van der Waals surface area contributed by atoms with Gasteiger partial charge < -0.3 is 19.9 Å². The van der Waals surface area contributed by atoms with Crippen LogP contribution in [-0.2, 0) is 19.1 Å². The highest BCUT2D eigenvalue weighted by Gasteiger charge is 2.11. The fourth-order valence-electron chi connectivity index (χ4n) is 2.59. The molecule has 0 fully saturated rings. The van der Waals surface area contributed by atoms with Crippen molar-refractivity contribution >= 4 is 41.1 Å². The molecule has 0 unspecified atom stereocenters. The molecule has 3 rings (SSSR count). The van der Waals surface area contributed by atoms with Gasteiger partial charge in [0, 0.05) is 11.8 Å². The summed E-state index contributed by atoms with van der Waals surface area (Å²) in [7, 11) is 0. The van der Waals surface area contributed by atoms with E-state index in [1.54, 1.807) is 25.1 Å². The van der Waals surface area contributed by atoms with Crippen LogP contribution in [0, 0.1) is 6.92 Å². The van der Waals surface area contributed by atoms with E-state index in [0.29, 0.717) is 17.3 Å². The molecule has 2 aromatic carbocycles. The maximum Gasteiger partial charge on any atom is 0.316 e. The van der Waals surface area contributed by atoms with Crippen LogP contribution in [0.2, 0.25) is 0 Å². The van der Waals surface area contributed by atoms with Gasteiger partial charge in [-0.1, -0.05) is 47.6 Å². The number of nitrogens with one attached hydrogen (secondary N) is 2. The summed E-state index contributed by atoms with van der Waals surface area (Å²) in [6, 6.07) is 18.8. The summed E-state index contributed by atoms with van der Waals surface area (Å²) in [6.45, 7) is 1.31. The smallest absolute Gasteiger partial charge is 0.316 e. The predicted molar refractivity (Wildman–Crippen MR) is 119 cm³/mol. The van der Waals surface area contributed by atoms with E-state index < -0.39 is 18.5 Å². The van der Waals surface area contributed by atoms with Crippen LogP contribution in [0.3, 0.4) is 0 Å². The first kappa shape index (κ1) is 22.1. The lowest BCUT2D eigenvalue weighted by Crippen LogP contribution is -2.22. The third kappa shape index (κ3) is 7.31. The summed E-state index contributed by atoms with van der Waals surface area (Å²) in [5.74, 6) is -0.445. The Hall–Kier alpha value is -3.59. The number of benzene rings is 2. The predicted octanol–water partition coefficient (Wildman–Crippen LogP) is 3.50. The Bertz CT molecular complexity index is 1030. The molecule has 0 saturated heterocycles. The van der Waals surface area contributed by atoms with E-state index in [2.05, 4.69) is 15.8 Å². The van der Waals surface area contributed by atoms with E-state index in [0.717, 1.165) is 22.9 Å². The normalized spacial score (nSPS) is 10.4. The van der Waals surface area contributed by atoms with Gasteiger partial charge in [-0.2, -0.15) is 0 Å². The number of carbonyl (C=O) groups excluding carboxylic acids is 3. The minimum Gasteiger partial charge on any atom is -0.455 e. The molecule has 2 amide bonds. The van der Waals surface area contributed by atoms with E-state index in [1.165, 1.54) is 0 Å². The number of aryl methyl sites for hydroxylation is 1.